The molecule has 2 aromatic rings. The van der Waals surface area contributed by atoms with Crippen LogP contribution in [0.2, 0.25) is 0 Å². The molecule has 1 aromatic carbocycles. The van der Waals surface area contributed by atoms with Crippen molar-refractivity contribution in [1.29, 1.82) is 0 Å². The van der Waals surface area contributed by atoms with Gasteiger partial charge < -0.3 is 32.5 Å². The minimum atomic E-state index is -5.08. The van der Waals surface area contributed by atoms with Gasteiger partial charge in [0.2, 0.25) is 5.60 Å². The van der Waals surface area contributed by atoms with Crippen LogP contribution in [0.4, 0.5) is 15.6 Å². The summed E-state index contributed by atoms with van der Waals surface area (Å²) in [7, 11) is -5.08. The molecule has 2 atom stereocenters. The van der Waals surface area contributed by atoms with Crippen molar-refractivity contribution in [2.75, 3.05) is 12.3 Å². The van der Waals surface area contributed by atoms with Crippen LogP contribution in [-0.4, -0.2) is 81.1 Å². The van der Waals surface area contributed by atoms with Gasteiger partial charge in [-0.25, -0.2) is 18.9 Å². The van der Waals surface area contributed by atoms with Gasteiger partial charge in [0.05, 0.1) is 4.92 Å². The first-order valence-electron chi connectivity index (χ1n) is 11.4. The second-order valence-corrected chi connectivity index (χ2v) is 11.1. The van der Waals surface area contributed by atoms with Crippen LogP contribution in [0.5, 0.6) is 0 Å². The molecule has 19 nitrogen and oxygen atoms in total. The summed E-state index contributed by atoms with van der Waals surface area (Å²) in [6.45, 7) is 1.45. The number of carbonyl (C=O) groups is 4. The molecule has 1 aliphatic rings. The van der Waals surface area contributed by atoms with Crippen LogP contribution in [0.15, 0.2) is 34.8 Å². The first-order valence-corrected chi connectivity index (χ1v) is 13.7. The molecule has 0 radical (unpaired) electrons. The normalized spacial score (nSPS) is 16.8. The SMILES string of the molecule is CC(C)(O/N=C(\C(=O)NC1C(=O)N(S(=O)(=O)O)C1COC(N)=O)c1csc(N)n1)C(=O)OCc1ccc([N+](=O)[O-])cc1.[H-].[Na+]. The Morgan fingerprint density at radius 3 is 2.42 bits per heavy atom. The van der Waals surface area contributed by atoms with Crippen LogP contribution in [0.25, 0.3) is 0 Å². The summed E-state index contributed by atoms with van der Waals surface area (Å²) in [5.41, 5.74) is 8.25. The van der Waals surface area contributed by atoms with E-state index < -0.39 is 69.1 Å². The molecule has 0 spiro atoms. The molecule has 1 fully saturated rings. The second-order valence-electron chi connectivity index (χ2n) is 8.87. The molecule has 3 rings (SSSR count). The van der Waals surface area contributed by atoms with Gasteiger partial charge in [-0.15, -0.1) is 11.3 Å². The summed E-state index contributed by atoms with van der Waals surface area (Å²) in [5.74, 6) is -3.35. The van der Waals surface area contributed by atoms with E-state index in [2.05, 4.69) is 20.2 Å². The topological polar surface area (TPSA) is 286 Å². The average molecular weight is 654 g/mol. The molecule has 1 aliphatic heterocycles. The fourth-order valence-corrected chi connectivity index (χ4v) is 4.75. The number of oxime groups is 1. The Morgan fingerprint density at radius 1 is 1.28 bits per heavy atom. The van der Waals surface area contributed by atoms with Gasteiger partial charge in [0.15, 0.2) is 10.8 Å². The van der Waals surface area contributed by atoms with Crippen molar-refractivity contribution in [1.82, 2.24) is 14.6 Å². The number of hydrogen-bond acceptors (Lipinski definition) is 15. The quantitative estimate of drug-likeness (QED) is 0.0330. The van der Waals surface area contributed by atoms with Crippen molar-refractivity contribution in [2.24, 2.45) is 10.9 Å². The zero-order valence-electron chi connectivity index (χ0n) is 23.7. The molecule has 228 valence electrons. The van der Waals surface area contributed by atoms with Crippen molar-refractivity contribution in [3.63, 3.8) is 0 Å². The predicted octanol–water partition coefficient (Wildman–Crippen LogP) is -3.41. The number of esters is 1. The van der Waals surface area contributed by atoms with E-state index in [1.54, 1.807) is 0 Å². The number of nitrogens with one attached hydrogen (secondary N) is 1. The Balaban J connectivity index is 0.00000484. The zero-order chi connectivity index (χ0) is 31.4. The van der Waals surface area contributed by atoms with E-state index in [0.717, 1.165) is 11.3 Å². The summed E-state index contributed by atoms with van der Waals surface area (Å²) in [5, 5.41) is 18.0. The van der Waals surface area contributed by atoms with Gasteiger partial charge in [0, 0.05) is 17.5 Å². The standard InChI is InChI=1S/C21H23N7O12S2.Na.H/c1-21(2,18(31)38-7-10-3-5-11(6-4-10)28(33)34)40-26-14(12-9-41-19(22)24-12)16(29)25-15-13(8-39-20(23)32)27(17(15)30)42(35,36)37;;/h3-6,9,13,15H,7-8H2,1-2H3,(H2,22,24)(H2,23,32)(H,25,29)(H,35,36,37);;/q;+1;-1/b26-14-;;. The molecule has 1 saturated heterocycles. The van der Waals surface area contributed by atoms with Crippen molar-refractivity contribution in [2.45, 2.75) is 38.1 Å². The number of β-lactam (4-membered cyclic amide) rings is 1. The minimum absolute atomic E-state index is 0. The first kappa shape index (κ1) is 35.3. The smallest absolute Gasteiger partial charge is 1.00 e. The van der Waals surface area contributed by atoms with Crippen molar-refractivity contribution < 1.29 is 82.4 Å². The van der Waals surface area contributed by atoms with Crippen LogP contribution in [0.1, 0.15) is 26.5 Å². The van der Waals surface area contributed by atoms with Crippen LogP contribution < -0.4 is 46.3 Å². The van der Waals surface area contributed by atoms with Crippen molar-refractivity contribution >= 4 is 62.0 Å². The Kier molecular flexibility index (Phi) is 11.5. The predicted molar refractivity (Wildman–Crippen MR) is 142 cm³/mol. The maximum absolute atomic E-state index is 13.1. The third-order valence-electron chi connectivity index (χ3n) is 5.45. The third kappa shape index (κ3) is 8.81. The molecule has 1 aromatic heterocycles. The number of thiazole rings is 1. The van der Waals surface area contributed by atoms with Crippen molar-refractivity contribution in [3.8, 4) is 0 Å². The van der Waals surface area contributed by atoms with E-state index >= 15 is 0 Å². The van der Waals surface area contributed by atoms with E-state index in [4.69, 9.17) is 21.0 Å². The minimum Gasteiger partial charge on any atom is -1.00 e. The average Bonchev–Trinajstić information content (AvgIpc) is 3.32. The number of anilines is 1. The Morgan fingerprint density at radius 2 is 1.91 bits per heavy atom. The summed E-state index contributed by atoms with van der Waals surface area (Å²) in [4.78, 5) is 68.6. The van der Waals surface area contributed by atoms with Gasteiger partial charge in [0.1, 0.15) is 31.0 Å². The van der Waals surface area contributed by atoms with Crippen LogP contribution >= 0.6 is 11.3 Å². The number of amides is 3. The fraction of sp³-hybridized carbons (Fsp3) is 0.333. The Labute approximate surface area is 270 Å². The van der Waals surface area contributed by atoms with Gasteiger partial charge in [-0.1, -0.05) is 5.16 Å². The van der Waals surface area contributed by atoms with Gasteiger partial charge in [-0.2, -0.15) is 8.42 Å². The number of non-ortho nitro benzene ring substituents is 1. The second kappa shape index (κ2) is 14.1. The van der Waals surface area contributed by atoms with Crippen LogP contribution in [-0.2, 0) is 45.6 Å². The number of primary amides is 1. The molecular weight excluding hydrogens is 629 g/mol. The number of aromatic nitrogens is 1. The molecule has 22 heteroatoms. The Hall–Kier alpha value is -3.89. The number of nitro groups is 1. The zero-order valence-corrected chi connectivity index (χ0v) is 26.3. The molecule has 0 aliphatic carbocycles. The Bertz CT molecular complexity index is 1550. The van der Waals surface area contributed by atoms with E-state index in [1.165, 1.54) is 43.5 Å². The maximum atomic E-state index is 13.1. The van der Waals surface area contributed by atoms with Gasteiger partial charge >= 0.3 is 51.9 Å². The van der Waals surface area contributed by atoms with E-state index in [1.807, 2.05) is 0 Å². The van der Waals surface area contributed by atoms with E-state index in [0.29, 0.717) is 5.56 Å². The summed E-state index contributed by atoms with van der Waals surface area (Å²) >= 11 is 0.911. The summed E-state index contributed by atoms with van der Waals surface area (Å²) in [6.07, 6.45) is -1.31. The van der Waals surface area contributed by atoms with Crippen LogP contribution in [0, 0.1) is 10.1 Å². The summed E-state index contributed by atoms with van der Waals surface area (Å²) in [6, 6.07) is 2.05. The molecule has 2 unspecified atom stereocenters. The first-order chi connectivity index (χ1) is 19.5. The number of nitrogen functional groups attached to an aromatic ring is 1. The molecule has 0 saturated carbocycles. The largest absolute Gasteiger partial charge is 1.00 e. The van der Waals surface area contributed by atoms with Crippen LogP contribution in [0.3, 0.4) is 0 Å². The summed E-state index contributed by atoms with van der Waals surface area (Å²) < 4.78 is 42.2. The monoisotopic (exact) mass is 653 g/mol. The molecule has 3 amide bonds. The van der Waals surface area contributed by atoms with E-state index in [9.17, 15) is 42.3 Å². The number of carbonyl (C=O) groups excluding carboxylic acids is 4. The molecule has 2 heterocycles. The number of ether oxygens (including phenoxy) is 2. The maximum Gasteiger partial charge on any atom is 1.00 e. The molecule has 0 bridgehead atoms. The van der Waals surface area contributed by atoms with Gasteiger partial charge in [-0.05, 0) is 31.5 Å². The number of nitrogens with two attached hydrogens (primary N) is 2. The number of hydrogen-bond donors (Lipinski definition) is 4. The number of rotatable bonds is 12. The van der Waals surface area contributed by atoms with E-state index in [-0.39, 0.29) is 58.4 Å². The number of benzene rings is 1. The third-order valence-corrected chi connectivity index (χ3v) is 7.08. The van der Waals surface area contributed by atoms with Gasteiger partial charge in [0.25, 0.3) is 17.5 Å². The number of nitrogens with zero attached hydrogens (tertiary/aromatic N) is 4. The molecular formula is C21H24N7NaO12S2. The number of nitro benzene ring substituents is 1. The van der Waals surface area contributed by atoms with Crippen molar-refractivity contribution in [3.05, 3.63) is 51.0 Å². The molecule has 6 N–H and O–H groups in total. The molecule has 43 heavy (non-hydrogen) atoms. The van der Waals surface area contributed by atoms with Gasteiger partial charge in [-0.3, -0.25) is 24.3 Å². The fourth-order valence-electron chi connectivity index (χ4n) is 3.34.